The Balaban J connectivity index is 1.87. The number of hydrogen-bond acceptors (Lipinski definition) is 11. The van der Waals surface area contributed by atoms with E-state index < -0.39 is 72.8 Å². The van der Waals surface area contributed by atoms with Gasteiger partial charge in [-0.05, 0) is 13.0 Å². The molecule has 0 aromatic heterocycles. The quantitative estimate of drug-likeness (QED) is 0.264. The molecule has 2 fully saturated rings. The fraction of sp³-hybridized carbons (Fsp3) is 0.824. The summed E-state index contributed by atoms with van der Waals surface area (Å²) in [7, 11) is 0. The van der Waals surface area contributed by atoms with Crippen LogP contribution in [-0.2, 0) is 23.7 Å². The molecule has 1 saturated heterocycles. The summed E-state index contributed by atoms with van der Waals surface area (Å²) in [5.41, 5.74) is -3.22. The van der Waals surface area contributed by atoms with Gasteiger partial charge in [-0.1, -0.05) is 0 Å². The van der Waals surface area contributed by atoms with Crippen LogP contribution in [-0.4, -0.2) is 97.5 Å². The number of ether oxygens (including phenoxy) is 4. The number of hydrogen-bond donors (Lipinski definition) is 6. The van der Waals surface area contributed by atoms with Gasteiger partial charge in [-0.2, -0.15) is 0 Å². The van der Waals surface area contributed by atoms with E-state index in [1.807, 2.05) is 0 Å². The highest BCUT2D eigenvalue weighted by Gasteiger charge is 2.66. The predicted molar refractivity (Wildman–Crippen MR) is 88.1 cm³/mol. The lowest BCUT2D eigenvalue weighted by Crippen LogP contribution is -2.62. The molecule has 6 N–H and O–H groups in total. The van der Waals surface area contributed by atoms with Crippen LogP contribution in [0.2, 0.25) is 0 Å². The predicted octanol–water partition coefficient (Wildman–Crippen LogP) is -2.89. The second-order valence-corrected chi connectivity index (χ2v) is 7.63. The molecule has 2 heterocycles. The maximum atomic E-state index is 11.6. The van der Waals surface area contributed by atoms with Gasteiger partial charge >= 0.3 is 5.97 Å². The van der Waals surface area contributed by atoms with Crippen molar-refractivity contribution >= 4 is 5.97 Å². The van der Waals surface area contributed by atoms with Crippen molar-refractivity contribution in [2.24, 2.45) is 5.92 Å². The first-order chi connectivity index (χ1) is 13.0. The number of carbonyl (C=O) groups is 1. The first kappa shape index (κ1) is 21.4. The minimum absolute atomic E-state index is 0.101. The fourth-order valence-electron chi connectivity index (χ4n) is 4.25. The second-order valence-electron chi connectivity index (χ2n) is 7.63. The number of esters is 1. The number of aliphatic hydroxyl groups excluding tert-OH is 5. The molecule has 11 heteroatoms. The normalized spacial score (nSPS) is 50.7. The Morgan fingerprint density at radius 1 is 1.18 bits per heavy atom. The molecule has 1 saturated carbocycles. The fourth-order valence-corrected chi connectivity index (χ4v) is 4.25. The van der Waals surface area contributed by atoms with Gasteiger partial charge in [0.25, 0.3) is 0 Å². The topological polar surface area (TPSA) is 175 Å². The summed E-state index contributed by atoms with van der Waals surface area (Å²) < 4.78 is 21.7. The monoisotopic (exact) mass is 406 g/mol. The van der Waals surface area contributed by atoms with Gasteiger partial charge in [-0.15, -0.1) is 0 Å². The van der Waals surface area contributed by atoms with Crippen LogP contribution in [0.4, 0.5) is 0 Å². The summed E-state index contributed by atoms with van der Waals surface area (Å²) in [6.07, 6.45) is -8.06. The summed E-state index contributed by atoms with van der Waals surface area (Å²) in [4.78, 5) is 11.6. The summed E-state index contributed by atoms with van der Waals surface area (Å²) in [6, 6.07) is 0. The van der Waals surface area contributed by atoms with Gasteiger partial charge in [0.05, 0.1) is 24.9 Å². The first-order valence-electron chi connectivity index (χ1n) is 8.92. The van der Waals surface area contributed by atoms with Crippen molar-refractivity contribution in [1.29, 1.82) is 0 Å². The Kier molecular flexibility index (Phi) is 5.73. The lowest BCUT2D eigenvalue weighted by molar-refractivity contribution is -0.351. The van der Waals surface area contributed by atoms with Crippen molar-refractivity contribution in [3.8, 4) is 0 Å². The van der Waals surface area contributed by atoms with Gasteiger partial charge in [-0.3, -0.25) is 4.79 Å². The Morgan fingerprint density at radius 2 is 1.86 bits per heavy atom. The van der Waals surface area contributed by atoms with Crippen molar-refractivity contribution in [2.45, 2.75) is 74.6 Å². The van der Waals surface area contributed by atoms with E-state index in [-0.39, 0.29) is 6.42 Å². The third kappa shape index (κ3) is 3.42. The van der Waals surface area contributed by atoms with E-state index in [1.54, 1.807) is 0 Å². The number of aliphatic hydroxyl groups is 6. The zero-order valence-corrected chi connectivity index (χ0v) is 15.4. The molecular formula is C17H26O11. The molecule has 0 amide bonds. The van der Waals surface area contributed by atoms with Gasteiger partial charge in [0.1, 0.15) is 35.6 Å². The van der Waals surface area contributed by atoms with E-state index in [0.717, 1.165) is 6.26 Å². The highest BCUT2D eigenvalue weighted by atomic mass is 16.8. The van der Waals surface area contributed by atoms with Crippen LogP contribution in [0.5, 0.6) is 0 Å². The number of fused-ring (bicyclic) bond motifs is 1. The smallest absolute Gasteiger partial charge is 0.303 e. The Morgan fingerprint density at radius 3 is 2.46 bits per heavy atom. The zero-order chi connectivity index (χ0) is 20.9. The molecule has 0 radical (unpaired) electrons. The van der Waals surface area contributed by atoms with Crippen LogP contribution in [0, 0.1) is 5.92 Å². The largest absolute Gasteiger partial charge is 0.472 e. The first-order valence-corrected chi connectivity index (χ1v) is 8.92. The van der Waals surface area contributed by atoms with Crippen LogP contribution in [0.25, 0.3) is 0 Å². The molecule has 1 aliphatic carbocycles. The van der Waals surface area contributed by atoms with Gasteiger partial charge < -0.3 is 49.6 Å². The van der Waals surface area contributed by atoms with E-state index in [0.29, 0.717) is 0 Å². The lowest BCUT2D eigenvalue weighted by atomic mass is 9.81. The molecular weight excluding hydrogens is 380 g/mol. The molecule has 11 nitrogen and oxygen atoms in total. The third-order valence-electron chi connectivity index (χ3n) is 5.60. The van der Waals surface area contributed by atoms with E-state index in [4.69, 9.17) is 18.9 Å². The van der Waals surface area contributed by atoms with Crippen LogP contribution in [0.1, 0.15) is 20.3 Å². The van der Waals surface area contributed by atoms with Crippen LogP contribution < -0.4 is 0 Å². The second kappa shape index (κ2) is 7.50. The molecule has 160 valence electrons. The standard InChI is InChI=1S/C17H26O11/c1-7(19)28-16(2)5-9(20)17(24)3-4-25-15(13(16)17)27-14-12(23)11(22)10(21)8(6-18)26-14/h3-4,8-15,18,20-24H,5-6H2,1-2H3/t8-,9+,10-,11+,12-,13-,14+,15-,16-,17-/m1/s1. The maximum Gasteiger partial charge on any atom is 0.303 e. The molecule has 0 spiro atoms. The number of carbonyl (C=O) groups excluding carboxylic acids is 1. The Bertz CT molecular complexity index is 624. The van der Waals surface area contributed by atoms with Crippen LogP contribution in [0.3, 0.4) is 0 Å². The molecule has 0 aromatic carbocycles. The van der Waals surface area contributed by atoms with Crippen molar-refractivity contribution in [2.75, 3.05) is 6.61 Å². The van der Waals surface area contributed by atoms with Crippen molar-refractivity contribution in [3.63, 3.8) is 0 Å². The third-order valence-corrected chi connectivity index (χ3v) is 5.60. The van der Waals surface area contributed by atoms with Gasteiger partial charge in [0.2, 0.25) is 6.29 Å². The Hall–Kier alpha value is -1.31. The highest BCUT2D eigenvalue weighted by molar-refractivity contribution is 5.66. The molecule has 10 atom stereocenters. The number of rotatable bonds is 4. The zero-order valence-electron chi connectivity index (χ0n) is 15.4. The highest BCUT2D eigenvalue weighted by Crippen LogP contribution is 2.51. The van der Waals surface area contributed by atoms with Gasteiger partial charge in [0.15, 0.2) is 6.29 Å². The van der Waals surface area contributed by atoms with Crippen molar-refractivity contribution in [1.82, 2.24) is 0 Å². The Labute approximate surface area is 160 Å². The average Bonchev–Trinajstić information content (AvgIpc) is 2.81. The molecule has 0 unspecified atom stereocenters. The SMILES string of the molecule is CC(=O)O[C@]1(C)C[C@H](O)[C@]2(O)C=CO[C@H](O[C@@H]3O[C@H](CO)[C@@H](O)[C@H](O)[C@H]3O)[C@@H]21. The van der Waals surface area contributed by atoms with Gasteiger partial charge in [0, 0.05) is 13.3 Å². The summed E-state index contributed by atoms with van der Waals surface area (Å²) in [6.45, 7) is 2.04. The molecule has 3 rings (SSSR count). The van der Waals surface area contributed by atoms with Crippen LogP contribution >= 0.6 is 0 Å². The van der Waals surface area contributed by atoms with Crippen molar-refractivity contribution in [3.05, 3.63) is 12.3 Å². The maximum absolute atomic E-state index is 11.6. The minimum Gasteiger partial charge on any atom is -0.472 e. The molecule has 28 heavy (non-hydrogen) atoms. The average molecular weight is 406 g/mol. The van der Waals surface area contributed by atoms with Crippen LogP contribution in [0.15, 0.2) is 12.3 Å². The lowest BCUT2D eigenvalue weighted by Gasteiger charge is -2.45. The summed E-state index contributed by atoms with van der Waals surface area (Å²) in [5, 5.41) is 60.6. The molecule has 0 aromatic rings. The molecule has 3 aliphatic rings. The van der Waals surface area contributed by atoms with E-state index in [2.05, 4.69) is 0 Å². The minimum atomic E-state index is -1.85. The molecule has 2 aliphatic heterocycles. The van der Waals surface area contributed by atoms with Crippen molar-refractivity contribution < 1.29 is 54.4 Å². The summed E-state index contributed by atoms with van der Waals surface area (Å²) >= 11 is 0. The molecule has 0 bridgehead atoms. The van der Waals surface area contributed by atoms with Gasteiger partial charge in [-0.25, -0.2) is 0 Å². The van der Waals surface area contributed by atoms with E-state index >= 15 is 0 Å². The van der Waals surface area contributed by atoms with E-state index in [9.17, 15) is 35.4 Å². The van der Waals surface area contributed by atoms with E-state index in [1.165, 1.54) is 19.9 Å². The summed E-state index contributed by atoms with van der Waals surface area (Å²) in [5.74, 6) is -1.74.